The molecule has 0 aromatic heterocycles. The molecule has 0 aliphatic rings. The van der Waals surface area contributed by atoms with Crippen LogP contribution >= 0.6 is 0 Å². The molecule has 1 nitrogen and oxygen atoms in total. The van der Waals surface area contributed by atoms with E-state index in [0.29, 0.717) is 0 Å². The summed E-state index contributed by atoms with van der Waals surface area (Å²) in [4.78, 5) is 0. The van der Waals surface area contributed by atoms with Crippen LogP contribution in [-0.2, 0) is 4.74 Å². The van der Waals surface area contributed by atoms with Crippen LogP contribution in [0.1, 0.15) is 155 Å². The van der Waals surface area contributed by atoms with Crippen LogP contribution in [0.5, 0.6) is 0 Å². The molecule has 29 heavy (non-hydrogen) atoms. The summed E-state index contributed by atoms with van der Waals surface area (Å²) < 4.78 is 5.79. The molecule has 0 aliphatic carbocycles. The lowest BCUT2D eigenvalue weighted by Crippen LogP contribution is -1.97. The van der Waals surface area contributed by atoms with E-state index in [0.717, 1.165) is 13.2 Å². The third kappa shape index (κ3) is 27.7. The summed E-state index contributed by atoms with van der Waals surface area (Å²) in [6.07, 6.45) is 35.2. The molecule has 0 amide bonds. The maximum Gasteiger partial charge on any atom is 0.0466 e. The van der Waals surface area contributed by atoms with Gasteiger partial charge in [-0.05, 0) is 38.5 Å². The summed E-state index contributed by atoms with van der Waals surface area (Å²) in [7, 11) is 0. The van der Waals surface area contributed by atoms with E-state index in [1.165, 1.54) is 141 Å². The molecule has 0 heterocycles. The second-order valence-corrected chi connectivity index (χ2v) is 9.03. The standard InChI is InChI=1S/C28H56O/c1-3-5-7-9-11-13-14-15-16-17-18-19-20-22-24-26-28-29-27-25-23-21-12-10-8-6-4-2/h15-16H,3-14,17-28H2,1-2H3/b16-15-. The predicted octanol–water partition coefficient (Wildman–Crippen LogP) is 10.2. The zero-order valence-electron chi connectivity index (χ0n) is 20.5. The van der Waals surface area contributed by atoms with Gasteiger partial charge >= 0.3 is 0 Å². The Hall–Kier alpha value is -0.300. The van der Waals surface area contributed by atoms with Gasteiger partial charge in [0.25, 0.3) is 0 Å². The third-order valence-corrected chi connectivity index (χ3v) is 5.94. The Morgan fingerprint density at radius 1 is 0.379 bits per heavy atom. The first kappa shape index (κ1) is 28.7. The summed E-state index contributed by atoms with van der Waals surface area (Å²) in [6, 6.07) is 0. The van der Waals surface area contributed by atoms with Crippen molar-refractivity contribution in [2.75, 3.05) is 13.2 Å². The molecular weight excluding hydrogens is 352 g/mol. The SMILES string of the molecule is CCCCCCCC/C=C\CCCCCCCCOCCCCCCCCCC. The second kappa shape index (κ2) is 27.7. The van der Waals surface area contributed by atoms with Crippen LogP contribution in [0.2, 0.25) is 0 Å². The van der Waals surface area contributed by atoms with E-state index in [4.69, 9.17) is 4.74 Å². The largest absolute Gasteiger partial charge is 0.381 e. The van der Waals surface area contributed by atoms with Crippen molar-refractivity contribution in [1.82, 2.24) is 0 Å². The number of rotatable bonds is 25. The van der Waals surface area contributed by atoms with Crippen molar-refractivity contribution in [1.29, 1.82) is 0 Å². The van der Waals surface area contributed by atoms with Crippen molar-refractivity contribution in [2.45, 2.75) is 155 Å². The maximum atomic E-state index is 5.79. The molecule has 0 N–H and O–H groups in total. The lowest BCUT2D eigenvalue weighted by atomic mass is 10.1. The number of hydrogen-bond donors (Lipinski definition) is 0. The second-order valence-electron chi connectivity index (χ2n) is 9.03. The van der Waals surface area contributed by atoms with Crippen LogP contribution in [0.15, 0.2) is 12.2 Å². The van der Waals surface area contributed by atoms with Crippen molar-refractivity contribution in [3.05, 3.63) is 12.2 Å². The molecule has 174 valence electrons. The molecule has 0 fully saturated rings. The molecule has 0 bridgehead atoms. The monoisotopic (exact) mass is 408 g/mol. The molecule has 0 aliphatic heterocycles. The van der Waals surface area contributed by atoms with E-state index in [9.17, 15) is 0 Å². The van der Waals surface area contributed by atoms with Crippen molar-refractivity contribution in [2.24, 2.45) is 0 Å². The fraction of sp³-hybridized carbons (Fsp3) is 0.929. The average Bonchev–Trinajstić information content (AvgIpc) is 2.74. The van der Waals surface area contributed by atoms with Crippen LogP contribution in [0.4, 0.5) is 0 Å². The van der Waals surface area contributed by atoms with E-state index in [1.807, 2.05) is 0 Å². The highest BCUT2D eigenvalue weighted by Gasteiger charge is 1.94. The van der Waals surface area contributed by atoms with Crippen LogP contribution < -0.4 is 0 Å². The topological polar surface area (TPSA) is 9.23 Å². The number of unbranched alkanes of at least 4 members (excludes halogenated alkanes) is 19. The Balaban J connectivity index is 3.04. The molecule has 0 aromatic rings. The zero-order valence-corrected chi connectivity index (χ0v) is 20.5. The molecule has 0 saturated heterocycles. The Bertz CT molecular complexity index is 297. The summed E-state index contributed by atoms with van der Waals surface area (Å²) >= 11 is 0. The van der Waals surface area contributed by atoms with E-state index in [1.54, 1.807) is 0 Å². The van der Waals surface area contributed by atoms with E-state index in [-0.39, 0.29) is 0 Å². The van der Waals surface area contributed by atoms with Crippen molar-refractivity contribution in [3.63, 3.8) is 0 Å². The van der Waals surface area contributed by atoms with Gasteiger partial charge in [0, 0.05) is 13.2 Å². The van der Waals surface area contributed by atoms with Gasteiger partial charge in [0.2, 0.25) is 0 Å². The number of ether oxygens (including phenoxy) is 1. The molecule has 0 radical (unpaired) electrons. The first-order valence-corrected chi connectivity index (χ1v) is 13.6. The molecule has 0 unspecified atom stereocenters. The maximum absolute atomic E-state index is 5.79. The first-order valence-electron chi connectivity index (χ1n) is 13.6. The summed E-state index contributed by atoms with van der Waals surface area (Å²) in [6.45, 7) is 6.54. The van der Waals surface area contributed by atoms with Gasteiger partial charge in [-0.25, -0.2) is 0 Å². The van der Waals surface area contributed by atoms with Crippen molar-refractivity contribution in [3.8, 4) is 0 Å². The number of hydrogen-bond acceptors (Lipinski definition) is 1. The van der Waals surface area contributed by atoms with Crippen molar-refractivity contribution < 1.29 is 4.74 Å². The third-order valence-electron chi connectivity index (χ3n) is 5.94. The summed E-state index contributed by atoms with van der Waals surface area (Å²) in [5, 5.41) is 0. The van der Waals surface area contributed by atoms with Gasteiger partial charge in [0.15, 0.2) is 0 Å². The molecule has 0 spiro atoms. The van der Waals surface area contributed by atoms with Crippen LogP contribution in [0.25, 0.3) is 0 Å². The zero-order chi connectivity index (χ0) is 21.1. The lowest BCUT2D eigenvalue weighted by Gasteiger charge is -2.05. The minimum atomic E-state index is 0.984. The van der Waals surface area contributed by atoms with Crippen LogP contribution in [0.3, 0.4) is 0 Å². The fourth-order valence-electron chi connectivity index (χ4n) is 3.89. The quantitative estimate of drug-likeness (QED) is 0.108. The fourth-order valence-corrected chi connectivity index (χ4v) is 3.89. The van der Waals surface area contributed by atoms with Gasteiger partial charge < -0.3 is 4.74 Å². The average molecular weight is 409 g/mol. The Labute approximate surface area is 185 Å². The van der Waals surface area contributed by atoms with E-state index in [2.05, 4.69) is 26.0 Å². The predicted molar refractivity (Wildman–Crippen MR) is 133 cm³/mol. The Morgan fingerprint density at radius 2 is 0.690 bits per heavy atom. The minimum Gasteiger partial charge on any atom is -0.381 e. The highest BCUT2D eigenvalue weighted by Crippen LogP contribution is 2.11. The molecule has 0 saturated carbocycles. The van der Waals surface area contributed by atoms with Gasteiger partial charge in [0.05, 0.1) is 0 Å². The Morgan fingerprint density at radius 3 is 1.07 bits per heavy atom. The molecule has 0 rings (SSSR count). The number of allylic oxidation sites excluding steroid dienone is 2. The van der Waals surface area contributed by atoms with Gasteiger partial charge in [-0.3, -0.25) is 0 Å². The van der Waals surface area contributed by atoms with Crippen LogP contribution in [-0.4, -0.2) is 13.2 Å². The molecule has 0 aromatic carbocycles. The summed E-state index contributed by atoms with van der Waals surface area (Å²) in [5.74, 6) is 0. The Kier molecular flexibility index (Phi) is 27.4. The van der Waals surface area contributed by atoms with E-state index >= 15 is 0 Å². The normalized spacial score (nSPS) is 11.7. The highest BCUT2D eigenvalue weighted by atomic mass is 16.5. The van der Waals surface area contributed by atoms with Gasteiger partial charge in [-0.2, -0.15) is 0 Å². The van der Waals surface area contributed by atoms with E-state index < -0.39 is 0 Å². The lowest BCUT2D eigenvalue weighted by molar-refractivity contribution is 0.125. The van der Waals surface area contributed by atoms with Gasteiger partial charge in [-0.1, -0.05) is 129 Å². The van der Waals surface area contributed by atoms with Gasteiger partial charge in [0.1, 0.15) is 0 Å². The highest BCUT2D eigenvalue weighted by molar-refractivity contribution is 4.81. The molecule has 0 atom stereocenters. The molecule has 1 heteroatoms. The first-order chi connectivity index (χ1) is 14.4. The molecular formula is C28H56O. The minimum absolute atomic E-state index is 0.984. The van der Waals surface area contributed by atoms with Crippen molar-refractivity contribution >= 4 is 0 Å². The smallest absolute Gasteiger partial charge is 0.0466 e. The summed E-state index contributed by atoms with van der Waals surface area (Å²) in [5.41, 5.74) is 0. The van der Waals surface area contributed by atoms with Gasteiger partial charge in [-0.15, -0.1) is 0 Å². The van der Waals surface area contributed by atoms with Crippen LogP contribution in [0, 0.1) is 0 Å².